The van der Waals surface area contributed by atoms with E-state index in [1.165, 1.54) is 0 Å². The highest BCUT2D eigenvalue weighted by atomic mass is 79.9. The van der Waals surface area contributed by atoms with Gasteiger partial charge < -0.3 is 9.47 Å². The van der Waals surface area contributed by atoms with Crippen LogP contribution in [0.4, 0.5) is 0 Å². The first kappa shape index (κ1) is 16.7. The minimum absolute atomic E-state index is 0.279. The lowest BCUT2D eigenvalue weighted by atomic mass is 10.2. The molecular formula is C15H23BrO2S. The summed E-state index contributed by atoms with van der Waals surface area (Å²) in [6, 6.07) is 6.02. The van der Waals surface area contributed by atoms with Gasteiger partial charge in [0.1, 0.15) is 0 Å². The standard InChI is InChI=1S/C15H23BrO2S/c1-5-17-13-8-6-7-12(11-16)14(13)18-9-10-19-15(2,3)4/h6-8H,5,9-11H2,1-4H3. The molecule has 0 atom stereocenters. The molecule has 0 spiro atoms. The first-order valence-corrected chi connectivity index (χ1v) is 8.66. The molecule has 1 aromatic carbocycles. The molecule has 108 valence electrons. The molecule has 19 heavy (non-hydrogen) atoms. The summed E-state index contributed by atoms with van der Waals surface area (Å²) < 4.78 is 11.8. The lowest BCUT2D eigenvalue weighted by Crippen LogP contribution is -2.12. The van der Waals surface area contributed by atoms with Crippen molar-refractivity contribution in [3.05, 3.63) is 23.8 Å². The molecule has 0 saturated heterocycles. The first-order valence-electron chi connectivity index (χ1n) is 6.55. The minimum Gasteiger partial charge on any atom is -0.490 e. The highest BCUT2D eigenvalue weighted by molar-refractivity contribution is 9.08. The molecule has 0 saturated carbocycles. The number of thioether (sulfide) groups is 1. The molecule has 2 nitrogen and oxygen atoms in total. The third kappa shape index (κ3) is 6.09. The number of ether oxygens (including phenoxy) is 2. The van der Waals surface area contributed by atoms with E-state index in [1.54, 1.807) is 0 Å². The lowest BCUT2D eigenvalue weighted by Gasteiger charge is -2.19. The Kier molecular flexibility index (Phi) is 7.08. The van der Waals surface area contributed by atoms with Gasteiger partial charge in [-0.05, 0) is 13.0 Å². The summed E-state index contributed by atoms with van der Waals surface area (Å²) in [6.45, 7) is 9.99. The number of hydrogen-bond donors (Lipinski definition) is 0. The van der Waals surface area contributed by atoms with Gasteiger partial charge in [0.2, 0.25) is 0 Å². The average molecular weight is 347 g/mol. The molecule has 0 radical (unpaired) electrons. The molecule has 1 rings (SSSR count). The van der Waals surface area contributed by atoms with Gasteiger partial charge in [0.15, 0.2) is 11.5 Å². The summed E-state index contributed by atoms with van der Waals surface area (Å²) in [5.74, 6) is 2.68. The second-order valence-electron chi connectivity index (χ2n) is 5.12. The van der Waals surface area contributed by atoms with Crippen LogP contribution in [0.25, 0.3) is 0 Å². The van der Waals surface area contributed by atoms with Crippen LogP contribution >= 0.6 is 27.7 Å². The normalized spacial score (nSPS) is 11.4. The van der Waals surface area contributed by atoms with Gasteiger partial charge in [-0.15, -0.1) is 0 Å². The van der Waals surface area contributed by atoms with Gasteiger partial charge in [-0.3, -0.25) is 0 Å². The maximum atomic E-state index is 5.93. The fourth-order valence-electron chi connectivity index (χ4n) is 1.59. The van der Waals surface area contributed by atoms with Crippen LogP contribution in [0.1, 0.15) is 33.3 Å². The van der Waals surface area contributed by atoms with Gasteiger partial charge in [-0.25, -0.2) is 0 Å². The Labute approximate surface area is 129 Å². The van der Waals surface area contributed by atoms with Crippen LogP contribution in [0.15, 0.2) is 18.2 Å². The Morgan fingerprint density at radius 2 is 1.95 bits per heavy atom. The van der Waals surface area contributed by atoms with Gasteiger partial charge in [0.25, 0.3) is 0 Å². The predicted molar refractivity (Wildman–Crippen MR) is 87.9 cm³/mol. The largest absolute Gasteiger partial charge is 0.490 e. The third-order valence-electron chi connectivity index (χ3n) is 2.37. The molecule has 4 heteroatoms. The Balaban J connectivity index is 2.64. The molecule has 0 amide bonds. The van der Waals surface area contributed by atoms with Crippen molar-refractivity contribution in [3.8, 4) is 11.5 Å². The number of benzene rings is 1. The van der Waals surface area contributed by atoms with E-state index in [2.05, 4.69) is 42.8 Å². The topological polar surface area (TPSA) is 18.5 Å². The smallest absolute Gasteiger partial charge is 0.165 e. The van der Waals surface area contributed by atoms with Crippen LogP contribution in [-0.2, 0) is 5.33 Å². The molecule has 0 aromatic heterocycles. The number of halogens is 1. The second-order valence-corrected chi connectivity index (χ2v) is 7.60. The van der Waals surface area contributed by atoms with Crippen molar-refractivity contribution in [1.82, 2.24) is 0 Å². The van der Waals surface area contributed by atoms with Crippen LogP contribution in [-0.4, -0.2) is 23.7 Å². The van der Waals surface area contributed by atoms with Crippen LogP contribution < -0.4 is 9.47 Å². The van der Waals surface area contributed by atoms with Gasteiger partial charge in [-0.1, -0.05) is 48.8 Å². The Morgan fingerprint density at radius 3 is 2.53 bits per heavy atom. The molecule has 1 aromatic rings. The van der Waals surface area contributed by atoms with E-state index in [0.29, 0.717) is 13.2 Å². The Bertz CT molecular complexity index is 388. The Morgan fingerprint density at radius 1 is 1.21 bits per heavy atom. The predicted octanol–water partition coefficient (Wildman–Crippen LogP) is 4.89. The van der Waals surface area contributed by atoms with Crippen molar-refractivity contribution < 1.29 is 9.47 Å². The summed E-state index contributed by atoms with van der Waals surface area (Å²) >= 11 is 5.40. The highest BCUT2D eigenvalue weighted by Gasteiger charge is 2.12. The summed E-state index contributed by atoms with van der Waals surface area (Å²) in [4.78, 5) is 0. The van der Waals surface area contributed by atoms with Gasteiger partial charge >= 0.3 is 0 Å². The maximum Gasteiger partial charge on any atom is 0.165 e. The molecule has 0 bridgehead atoms. The van der Waals surface area contributed by atoms with Gasteiger partial charge in [0, 0.05) is 21.4 Å². The molecule has 0 aliphatic carbocycles. The number of hydrogen-bond acceptors (Lipinski definition) is 3. The SMILES string of the molecule is CCOc1cccc(CBr)c1OCCSC(C)(C)C. The van der Waals surface area contributed by atoms with E-state index in [1.807, 2.05) is 30.8 Å². The van der Waals surface area contributed by atoms with Gasteiger partial charge in [-0.2, -0.15) is 11.8 Å². The second kappa shape index (κ2) is 8.05. The Hall–Kier alpha value is -0.350. The number of para-hydroxylation sites is 1. The van der Waals surface area contributed by atoms with E-state index < -0.39 is 0 Å². The van der Waals surface area contributed by atoms with E-state index in [-0.39, 0.29) is 4.75 Å². The number of alkyl halides is 1. The van der Waals surface area contributed by atoms with E-state index >= 15 is 0 Å². The average Bonchev–Trinajstić information content (AvgIpc) is 2.35. The lowest BCUT2D eigenvalue weighted by molar-refractivity contribution is 0.287. The quantitative estimate of drug-likeness (QED) is 0.517. The van der Waals surface area contributed by atoms with Crippen LogP contribution in [0, 0.1) is 0 Å². The van der Waals surface area contributed by atoms with Crippen molar-refractivity contribution >= 4 is 27.7 Å². The van der Waals surface area contributed by atoms with E-state index in [0.717, 1.165) is 28.1 Å². The molecule has 0 aliphatic rings. The van der Waals surface area contributed by atoms with Crippen molar-refractivity contribution in [2.24, 2.45) is 0 Å². The third-order valence-corrected chi connectivity index (χ3v) is 4.21. The van der Waals surface area contributed by atoms with Crippen molar-refractivity contribution in [3.63, 3.8) is 0 Å². The fraction of sp³-hybridized carbons (Fsp3) is 0.600. The van der Waals surface area contributed by atoms with Crippen molar-refractivity contribution in [2.45, 2.75) is 37.8 Å². The molecule has 0 N–H and O–H groups in total. The molecule has 0 fully saturated rings. The summed E-state index contributed by atoms with van der Waals surface area (Å²) in [7, 11) is 0. The van der Waals surface area contributed by atoms with Crippen LogP contribution in [0.5, 0.6) is 11.5 Å². The van der Waals surface area contributed by atoms with E-state index in [9.17, 15) is 0 Å². The van der Waals surface area contributed by atoms with Crippen LogP contribution in [0.2, 0.25) is 0 Å². The number of rotatable bonds is 7. The first-order chi connectivity index (χ1) is 8.98. The summed E-state index contributed by atoms with van der Waals surface area (Å²) in [5, 5.41) is 0.773. The zero-order valence-corrected chi connectivity index (χ0v) is 14.6. The zero-order valence-electron chi connectivity index (χ0n) is 12.2. The highest BCUT2D eigenvalue weighted by Crippen LogP contribution is 2.33. The molecular weight excluding hydrogens is 324 g/mol. The van der Waals surface area contributed by atoms with Crippen molar-refractivity contribution in [1.29, 1.82) is 0 Å². The molecule has 0 aliphatic heterocycles. The minimum atomic E-state index is 0.279. The van der Waals surface area contributed by atoms with Gasteiger partial charge in [0.05, 0.1) is 13.2 Å². The van der Waals surface area contributed by atoms with Crippen molar-refractivity contribution in [2.75, 3.05) is 19.0 Å². The molecule has 0 unspecified atom stereocenters. The van der Waals surface area contributed by atoms with Crippen LogP contribution in [0.3, 0.4) is 0 Å². The maximum absolute atomic E-state index is 5.93. The fourth-order valence-corrected chi connectivity index (χ4v) is 2.81. The summed E-state index contributed by atoms with van der Waals surface area (Å²) in [5.41, 5.74) is 1.13. The monoisotopic (exact) mass is 346 g/mol. The molecule has 0 heterocycles. The summed E-state index contributed by atoms with van der Waals surface area (Å²) in [6.07, 6.45) is 0. The zero-order chi connectivity index (χ0) is 14.3. The van der Waals surface area contributed by atoms with E-state index in [4.69, 9.17) is 9.47 Å².